The molecule has 1 N–H and O–H groups in total. The van der Waals surface area contributed by atoms with E-state index in [0.717, 1.165) is 0 Å². The van der Waals surface area contributed by atoms with Crippen LogP contribution in [0, 0.1) is 0 Å². The van der Waals surface area contributed by atoms with Gasteiger partial charge in [-0.25, -0.2) is 8.42 Å². The van der Waals surface area contributed by atoms with E-state index in [1.54, 1.807) is 36.4 Å². The van der Waals surface area contributed by atoms with Crippen molar-refractivity contribution >= 4 is 21.8 Å². The van der Waals surface area contributed by atoms with E-state index >= 15 is 0 Å². The first-order chi connectivity index (χ1) is 13.4. The number of sulfone groups is 1. The Labute approximate surface area is 161 Å². The molecule has 0 saturated carbocycles. The number of benzene rings is 2. The summed E-state index contributed by atoms with van der Waals surface area (Å²) in [6, 6.07) is 12.5. The van der Waals surface area contributed by atoms with Crippen molar-refractivity contribution < 1.29 is 27.1 Å². The number of carbonyl (C=O) groups excluding carboxylic acids is 1. The maximum Gasteiger partial charge on any atom is 0.322 e. The maximum absolute atomic E-state index is 12.2. The molecule has 9 nitrogen and oxygen atoms in total. The molecule has 0 saturated heterocycles. The lowest BCUT2D eigenvalue weighted by Crippen LogP contribution is -2.23. The van der Waals surface area contributed by atoms with Crippen molar-refractivity contribution in [3.63, 3.8) is 0 Å². The van der Waals surface area contributed by atoms with Gasteiger partial charge in [0.2, 0.25) is 11.8 Å². The van der Waals surface area contributed by atoms with Crippen LogP contribution >= 0.6 is 0 Å². The summed E-state index contributed by atoms with van der Waals surface area (Å²) in [5.74, 6) is -0.387. The predicted molar refractivity (Wildman–Crippen MR) is 100.0 cm³/mol. The molecule has 0 fully saturated rings. The van der Waals surface area contributed by atoms with Crippen molar-refractivity contribution in [1.29, 1.82) is 0 Å². The van der Waals surface area contributed by atoms with Crippen molar-refractivity contribution in [1.82, 2.24) is 10.2 Å². The average molecular weight is 403 g/mol. The predicted octanol–water partition coefficient (Wildman–Crippen LogP) is 2.17. The van der Waals surface area contributed by atoms with E-state index in [9.17, 15) is 13.2 Å². The highest BCUT2D eigenvalue weighted by Crippen LogP contribution is 2.29. The molecule has 146 valence electrons. The van der Waals surface area contributed by atoms with E-state index in [-0.39, 0.29) is 16.8 Å². The summed E-state index contributed by atoms with van der Waals surface area (Å²) in [5.41, 5.74) is 0.515. The van der Waals surface area contributed by atoms with Crippen LogP contribution in [0.5, 0.6) is 11.5 Å². The van der Waals surface area contributed by atoms with E-state index in [1.807, 2.05) is 0 Å². The van der Waals surface area contributed by atoms with Crippen molar-refractivity contribution in [3.8, 4) is 23.0 Å². The second-order valence-corrected chi connectivity index (χ2v) is 7.62. The molecule has 0 aliphatic heterocycles. The molecule has 28 heavy (non-hydrogen) atoms. The van der Waals surface area contributed by atoms with Gasteiger partial charge in [-0.05, 0) is 24.3 Å². The fourth-order valence-corrected chi connectivity index (χ4v) is 3.52. The van der Waals surface area contributed by atoms with Gasteiger partial charge >= 0.3 is 6.01 Å². The Morgan fingerprint density at radius 1 is 1.04 bits per heavy atom. The zero-order valence-corrected chi connectivity index (χ0v) is 15.9. The van der Waals surface area contributed by atoms with Gasteiger partial charge in [-0.1, -0.05) is 23.3 Å². The lowest BCUT2D eigenvalue weighted by molar-refractivity contribution is -0.114. The van der Waals surface area contributed by atoms with Crippen LogP contribution in [0.15, 0.2) is 57.8 Å². The standard InChI is InChI=1S/C18H17N3O6S/c1-25-13-8-12(9-14(10-13)26-2)17-20-21-18(27-17)19-16(22)11-28(23,24)15-6-4-3-5-7-15/h3-10H,11H2,1-2H3,(H,19,21,22). The fraction of sp³-hybridized carbons (Fsp3) is 0.167. The minimum atomic E-state index is -3.78. The number of methoxy groups -OCH3 is 2. The molecule has 10 heteroatoms. The van der Waals surface area contributed by atoms with Crippen LogP contribution in [-0.4, -0.2) is 44.5 Å². The Morgan fingerprint density at radius 2 is 1.68 bits per heavy atom. The second-order valence-electron chi connectivity index (χ2n) is 5.63. The minimum Gasteiger partial charge on any atom is -0.497 e. The average Bonchev–Trinajstić information content (AvgIpc) is 3.16. The summed E-state index contributed by atoms with van der Waals surface area (Å²) in [7, 11) is -0.768. The number of carbonyl (C=O) groups is 1. The zero-order chi connectivity index (χ0) is 20.1. The molecule has 0 radical (unpaired) electrons. The topological polar surface area (TPSA) is 121 Å². The Hall–Kier alpha value is -3.40. The first-order valence-corrected chi connectivity index (χ1v) is 9.71. The quantitative estimate of drug-likeness (QED) is 0.637. The summed E-state index contributed by atoms with van der Waals surface area (Å²) in [6.07, 6.45) is 0. The lowest BCUT2D eigenvalue weighted by atomic mass is 10.2. The first kappa shape index (κ1) is 19.4. The SMILES string of the molecule is COc1cc(OC)cc(-c2nnc(NC(=O)CS(=O)(=O)c3ccccc3)o2)c1. The molecule has 0 spiro atoms. The highest BCUT2D eigenvalue weighted by molar-refractivity contribution is 7.92. The number of amides is 1. The van der Waals surface area contributed by atoms with E-state index in [4.69, 9.17) is 13.9 Å². The number of nitrogens with zero attached hydrogens (tertiary/aromatic N) is 2. The number of rotatable bonds is 7. The Morgan fingerprint density at radius 3 is 2.29 bits per heavy atom. The van der Waals surface area contributed by atoms with Crippen LogP contribution in [0.2, 0.25) is 0 Å². The van der Waals surface area contributed by atoms with Crippen LogP contribution in [0.1, 0.15) is 0 Å². The van der Waals surface area contributed by atoms with Crippen LogP contribution in [0.4, 0.5) is 6.01 Å². The molecule has 0 aliphatic rings. The van der Waals surface area contributed by atoms with Gasteiger partial charge in [0.25, 0.3) is 0 Å². The van der Waals surface area contributed by atoms with Gasteiger partial charge < -0.3 is 13.9 Å². The Balaban J connectivity index is 1.74. The number of hydrogen-bond donors (Lipinski definition) is 1. The van der Waals surface area contributed by atoms with Gasteiger partial charge in [-0.15, -0.1) is 5.10 Å². The van der Waals surface area contributed by atoms with Gasteiger partial charge in [0, 0.05) is 11.6 Å². The van der Waals surface area contributed by atoms with Gasteiger partial charge in [-0.2, -0.15) is 0 Å². The first-order valence-electron chi connectivity index (χ1n) is 8.06. The number of nitrogens with one attached hydrogen (secondary N) is 1. The molecule has 3 rings (SSSR count). The van der Waals surface area contributed by atoms with Gasteiger partial charge in [0.05, 0.1) is 19.1 Å². The van der Waals surface area contributed by atoms with Crippen molar-refractivity contribution in [3.05, 3.63) is 48.5 Å². The van der Waals surface area contributed by atoms with Crippen molar-refractivity contribution in [2.45, 2.75) is 4.90 Å². The van der Waals surface area contributed by atoms with E-state index < -0.39 is 21.5 Å². The summed E-state index contributed by atoms with van der Waals surface area (Å²) in [6.45, 7) is 0. The summed E-state index contributed by atoms with van der Waals surface area (Å²) in [5, 5.41) is 9.87. The molecule has 0 unspecified atom stereocenters. The number of aromatic nitrogens is 2. The number of hydrogen-bond acceptors (Lipinski definition) is 8. The van der Waals surface area contributed by atoms with Crippen LogP contribution in [-0.2, 0) is 14.6 Å². The largest absolute Gasteiger partial charge is 0.497 e. The minimum absolute atomic E-state index is 0.0554. The molecule has 1 heterocycles. The molecule has 0 bridgehead atoms. The Kier molecular flexibility index (Phi) is 5.59. The molecule has 0 atom stereocenters. The highest BCUT2D eigenvalue weighted by atomic mass is 32.2. The number of ether oxygens (including phenoxy) is 2. The Bertz CT molecular complexity index is 1060. The van der Waals surface area contributed by atoms with E-state index in [0.29, 0.717) is 17.1 Å². The van der Waals surface area contributed by atoms with Crippen LogP contribution in [0.25, 0.3) is 11.5 Å². The smallest absolute Gasteiger partial charge is 0.322 e. The molecular weight excluding hydrogens is 386 g/mol. The zero-order valence-electron chi connectivity index (χ0n) is 15.1. The van der Waals surface area contributed by atoms with Crippen molar-refractivity contribution in [2.24, 2.45) is 0 Å². The highest BCUT2D eigenvalue weighted by Gasteiger charge is 2.21. The second kappa shape index (κ2) is 8.09. The van der Waals surface area contributed by atoms with Gasteiger partial charge in [-0.3, -0.25) is 10.1 Å². The van der Waals surface area contributed by atoms with Gasteiger partial charge in [0.15, 0.2) is 9.84 Å². The third kappa shape index (κ3) is 4.46. The molecular formula is C18H17N3O6S. The molecule has 1 aromatic heterocycles. The van der Waals surface area contributed by atoms with Crippen LogP contribution in [0.3, 0.4) is 0 Å². The third-order valence-corrected chi connectivity index (χ3v) is 5.33. The summed E-state index contributed by atoms with van der Waals surface area (Å²) in [4.78, 5) is 12.1. The number of anilines is 1. The van der Waals surface area contributed by atoms with E-state index in [2.05, 4.69) is 15.5 Å². The molecule has 2 aromatic carbocycles. The lowest BCUT2D eigenvalue weighted by Gasteiger charge is -2.06. The van der Waals surface area contributed by atoms with Crippen LogP contribution < -0.4 is 14.8 Å². The third-order valence-electron chi connectivity index (χ3n) is 3.69. The van der Waals surface area contributed by atoms with Gasteiger partial charge in [0.1, 0.15) is 17.3 Å². The molecule has 3 aromatic rings. The van der Waals surface area contributed by atoms with E-state index in [1.165, 1.54) is 26.4 Å². The summed E-state index contributed by atoms with van der Waals surface area (Å²) >= 11 is 0. The van der Waals surface area contributed by atoms with Crippen molar-refractivity contribution in [2.75, 3.05) is 25.3 Å². The summed E-state index contributed by atoms with van der Waals surface area (Å²) < 4.78 is 40.3. The maximum atomic E-state index is 12.2. The monoisotopic (exact) mass is 403 g/mol. The normalized spacial score (nSPS) is 11.1. The fourth-order valence-electron chi connectivity index (χ4n) is 2.36. The molecule has 1 amide bonds. The molecule has 0 aliphatic carbocycles.